The zero-order valence-corrected chi connectivity index (χ0v) is 9.38. The summed E-state index contributed by atoms with van der Waals surface area (Å²) in [7, 11) is 0. The van der Waals surface area contributed by atoms with E-state index >= 15 is 0 Å². The van der Waals surface area contributed by atoms with Gasteiger partial charge < -0.3 is 0 Å². The first-order valence-electron chi connectivity index (χ1n) is 4.01. The third-order valence-electron chi connectivity index (χ3n) is 1.91. The van der Waals surface area contributed by atoms with E-state index in [1.54, 1.807) is 0 Å². The molecule has 0 bridgehead atoms. The summed E-state index contributed by atoms with van der Waals surface area (Å²) in [5, 5.41) is 10.5. The molecule has 0 saturated carbocycles. The molecule has 0 aliphatic carbocycles. The molecular formula is C9H7BrFNO3. The smallest absolute Gasteiger partial charge is 0.293 e. The van der Waals surface area contributed by atoms with Crippen LogP contribution in [0.2, 0.25) is 0 Å². The van der Waals surface area contributed by atoms with Gasteiger partial charge in [-0.25, -0.2) is 0 Å². The summed E-state index contributed by atoms with van der Waals surface area (Å²) < 4.78 is 13.1. The van der Waals surface area contributed by atoms with Crippen molar-refractivity contribution >= 4 is 27.4 Å². The van der Waals surface area contributed by atoms with Crippen molar-refractivity contribution in [1.29, 1.82) is 0 Å². The zero-order chi connectivity index (χ0) is 11.6. The lowest BCUT2D eigenvalue weighted by molar-refractivity contribution is -0.387. The van der Waals surface area contributed by atoms with Crippen molar-refractivity contribution in [2.24, 2.45) is 0 Å². The molecule has 6 heteroatoms. The van der Waals surface area contributed by atoms with E-state index < -0.39 is 16.4 Å². The summed E-state index contributed by atoms with van der Waals surface area (Å²) in [6.07, 6.45) is 0. The van der Waals surface area contributed by atoms with Gasteiger partial charge >= 0.3 is 5.69 Å². The average Bonchev–Trinajstić information content (AvgIpc) is 2.16. The first-order valence-corrected chi connectivity index (χ1v) is 5.13. The van der Waals surface area contributed by atoms with Crippen LogP contribution in [0.5, 0.6) is 0 Å². The Labute approximate surface area is 93.4 Å². The summed E-state index contributed by atoms with van der Waals surface area (Å²) in [5.74, 6) is -1.24. The maximum Gasteiger partial charge on any atom is 0.305 e. The van der Waals surface area contributed by atoms with Gasteiger partial charge in [0.25, 0.3) is 0 Å². The Morgan fingerprint density at radius 3 is 2.67 bits per heavy atom. The van der Waals surface area contributed by atoms with Crippen LogP contribution in [0, 0.1) is 22.9 Å². The van der Waals surface area contributed by atoms with Crippen LogP contribution in [0.15, 0.2) is 12.1 Å². The monoisotopic (exact) mass is 275 g/mol. The van der Waals surface area contributed by atoms with Gasteiger partial charge in [0.05, 0.1) is 10.3 Å². The van der Waals surface area contributed by atoms with Crippen molar-refractivity contribution in [2.75, 3.05) is 5.33 Å². The molecular weight excluding hydrogens is 269 g/mol. The molecule has 0 aliphatic rings. The molecule has 0 spiro atoms. The van der Waals surface area contributed by atoms with Crippen molar-refractivity contribution in [3.63, 3.8) is 0 Å². The number of benzene rings is 1. The molecule has 0 aromatic heterocycles. The number of carbonyl (C=O) groups excluding carboxylic acids is 1. The molecule has 0 amide bonds. The van der Waals surface area contributed by atoms with Gasteiger partial charge in [0.1, 0.15) is 0 Å². The summed E-state index contributed by atoms with van der Waals surface area (Å²) in [5.41, 5.74) is -0.118. The van der Waals surface area contributed by atoms with Crippen LogP contribution in [-0.4, -0.2) is 16.0 Å². The summed E-state index contributed by atoms with van der Waals surface area (Å²) >= 11 is 2.95. The van der Waals surface area contributed by atoms with E-state index in [2.05, 4.69) is 15.9 Å². The van der Waals surface area contributed by atoms with E-state index in [1.165, 1.54) is 6.92 Å². The second kappa shape index (κ2) is 4.48. The first kappa shape index (κ1) is 11.8. The van der Waals surface area contributed by atoms with Crippen molar-refractivity contribution < 1.29 is 14.1 Å². The van der Waals surface area contributed by atoms with Crippen LogP contribution in [0.25, 0.3) is 0 Å². The minimum atomic E-state index is -0.927. The predicted molar refractivity (Wildman–Crippen MR) is 55.9 cm³/mol. The Kier molecular flexibility index (Phi) is 3.52. The van der Waals surface area contributed by atoms with Crippen molar-refractivity contribution in [1.82, 2.24) is 0 Å². The second-order valence-corrected chi connectivity index (χ2v) is 3.49. The fourth-order valence-corrected chi connectivity index (χ4v) is 1.48. The molecule has 0 radical (unpaired) electrons. The number of Topliss-reactive ketones (excluding diaryl/α,β-unsaturated/α-hetero) is 1. The Morgan fingerprint density at radius 1 is 1.60 bits per heavy atom. The van der Waals surface area contributed by atoms with Gasteiger partial charge in [-0.1, -0.05) is 15.9 Å². The Hall–Kier alpha value is -1.30. The molecule has 1 aromatic carbocycles. The molecule has 0 fully saturated rings. The molecule has 1 aromatic rings. The molecule has 0 aliphatic heterocycles. The van der Waals surface area contributed by atoms with Gasteiger partial charge in [-0.2, -0.15) is 4.39 Å². The number of aryl methyl sites for hydroxylation is 1. The highest BCUT2D eigenvalue weighted by Gasteiger charge is 2.19. The number of nitro benzene ring substituents is 1. The number of carbonyl (C=O) groups is 1. The number of nitrogens with zero attached hydrogens (tertiary/aromatic N) is 1. The standard InChI is InChI=1S/C9H7BrFNO3/c1-5-2-7(11)8(12(14)15)3-6(5)9(13)4-10/h2-3H,4H2,1H3. The molecule has 0 unspecified atom stereocenters. The maximum absolute atomic E-state index is 13.1. The van der Waals surface area contributed by atoms with E-state index in [0.29, 0.717) is 5.56 Å². The largest absolute Gasteiger partial charge is 0.305 e. The van der Waals surface area contributed by atoms with Crippen LogP contribution in [0.1, 0.15) is 15.9 Å². The third-order valence-corrected chi connectivity index (χ3v) is 2.42. The predicted octanol–water partition coefficient (Wildman–Crippen LogP) is 2.62. The number of hydrogen-bond donors (Lipinski definition) is 0. The van der Waals surface area contributed by atoms with Gasteiger partial charge in [0, 0.05) is 11.6 Å². The molecule has 1 rings (SSSR count). The highest BCUT2D eigenvalue weighted by atomic mass is 79.9. The van der Waals surface area contributed by atoms with Gasteiger partial charge in [-0.3, -0.25) is 14.9 Å². The number of rotatable bonds is 3. The lowest BCUT2D eigenvalue weighted by Crippen LogP contribution is -2.05. The number of halogens is 2. The van der Waals surface area contributed by atoms with Crippen LogP contribution in [0.4, 0.5) is 10.1 Å². The van der Waals surface area contributed by atoms with Gasteiger partial charge in [0.2, 0.25) is 5.82 Å². The Balaban J connectivity index is 3.36. The maximum atomic E-state index is 13.1. The molecule has 80 valence electrons. The van der Waals surface area contributed by atoms with Gasteiger partial charge in [0.15, 0.2) is 5.78 Å². The summed E-state index contributed by atoms with van der Waals surface area (Å²) in [6.45, 7) is 1.53. The van der Waals surface area contributed by atoms with Crippen molar-refractivity contribution in [3.8, 4) is 0 Å². The zero-order valence-electron chi connectivity index (χ0n) is 7.79. The summed E-state index contributed by atoms with van der Waals surface area (Å²) in [6, 6.07) is 1.96. The van der Waals surface area contributed by atoms with E-state index in [9.17, 15) is 19.3 Å². The van der Waals surface area contributed by atoms with Crippen molar-refractivity contribution in [2.45, 2.75) is 6.92 Å². The molecule has 0 N–H and O–H groups in total. The molecule has 0 atom stereocenters. The molecule has 0 heterocycles. The fraction of sp³-hybridized carbons (Fsp3) is 0.222. The van der Waals surface area contributed by atoms with Gasteiger partial charge in [-0.05, 0) is 18.6 Å². The van der Waals surface area contributed by atoms with Crippen LogP contribution < -0.4 is 0 Å². The lowest BCUT2D eigenvalue weighted by atomic mass is 10.0. The number of alkyl halides is 1. The molecule has 0 saturated heterocycles. The van der Waals surface area contributed by atoms with Crippen LogP contribution in [0.3, 0.4) is 0 Å². The van der Waals surface area contributed by atoms with Crippen molar-refractivity contribution in [3.05, 3.63) is 39.2 Å². The highest BCUT2D eigenvalue weighted by Crippen LogP contribution is 2.22. The van der Waals surface area contributed by atoms with Crippen LogP contribution >= 0.6 is 15.9 Å². The van der Waals surface area contributed by atoms with E-state index in [1.807, 2.05) is 0 Å². The highest BCUT2D eigenvalue weighted by molar-refractivity contribution is 9.09. The van der Waals surface area contributed by atoms with Gasteiger partial charge in [-0.15, -0.1) is 0 Å². The SMILES string of the molecule is Cc1cc(F)c([N+](=O)[O-])cc1C(=O)CBr. The summed E-state index contributed by atoms with van der Waals surface area (Å²) in [4.78, 5) is 20.9. The minimum Gasteiger partial charge on any atom is -0.293 e. The van der Waals surface area contributed by atoms with E-state index in [-0.39, 0.29) is 16.7 Å². The number of ketones is 1. The molecule has 4 nitrogen and oxygen atoms in total. The minimum absolute atomic E-state index is 0.0522. The topological polar surface area (TPSA) is 60.2 Å². The third kappa shape index (κ3) is 2.38. The number of hydrogen-bond acceptors (Lipinski definition) is 3. The van der Waals surface area contributed by atoms with Crippen LogP contribution in [-0.2, 0) is 0 Å². The number of nitro groups is 1. The Morgan fingerprint density at radius 2 is 2.20 bits per heavy atom. The molecule has 15 heavy (non-hydrogen) atoms. The van der Waals surface area contributed by atoms with E-state index in [0.717, 1.165) is 12.1 Å². The second-order valence-electron chi connectivity index (χ2n) is 2.93. The normalized spacial score (nSPS) is 10.1. The first-order chi connectivity index (χ1) is 6.97. The quantitative estimate of drug-likeness (QED) is 0.369. The van der Waals surface area contributed by atoms with E-state index in [4.69, 9.17) is 0 Å². The fourth-order valence-electron chi connectivity index (χ4n) is 1.17. The lowest BCUT2D eigenvalue weighted by Gasteiger charge is -2.03. The Bertz CT molecular complexity index is 434. The average molecular weight is 276 g/mol.